The Kier molecular flexibility index (Phi) is 5.77. The molecule has 0 amide bonds. The van der Waals surface area contributed by atoms with Gasteiger partial charge in [0.2, 0.25) is 0 Å². The van der Waals surface area contributed by atoms with Gasteiger partial charge in [-0.15, -0.1) is 0 Å². The lowest BCUT2D eigenvalue weighted by molar-refractivity contribution is -0.148. The van der Waals surface area contributed by atoms with Gasteiger partial charge in [-0.1, -0.05) is 20.8 Å². The van der Waals surface area contributed by atoms with E-state index in [1.807, 2.05) is 13.8 Å². The second-order valence-electron chi connectivity index (χ2n) is 4.32. The van der Waals surface area contributed by atoms with Crippen LogP contribution in [0.15, 0.2) is 0 Å². The predicted octanol–water partition coefficient (Wildman–Crippen LogP) is 2.39. The van der Waals surface area contributed by atoms with Gasteiger partial charge in [0, 0.05) is 6.61 Å². The van der Waals surface area contributed by atoms with E-state index in [0.29, 0.717) is 19.6 Å². The molecule has 3 nitrogen and oxygen atoms in total. The van der Waals surface area contributed by atoms with Gasteiger partial charge >= 0.3 is 5.97 Å². The van der Waals surface area contributed by atoms with Crippen LogP contribution < -0.4 is 0 Å². The van der Waals surface area contributed by atoms with Crippen LogP contribution in [0.25, 0.3) is 0 Å². The van der Waals surface area contributed by atoms with E-state index in [1.54, 1.807) is 0 Å². The molecule has 0 radical (unpaired) electrons. The third kappa shape index (κ3) is 5.22. The normalized spacial score (nSPS) is 13.8. The van der Waals surface area contributed by atoms with E-state index in [1.165, 1.54) is 0 Å². The number of ether oxygens (including phenoxy) is 2. The lowest BCUT2D eigenvalue weighted by Gasteiger charge is -2.29. The number of esters is 1. The Labute approximate surface area is 86.8 Å². The SMILES string of the molecule is CCOC(=O)CC(OCC)C(C)(C)C. The summed E-state index contributed by atoms with van der Waals surface area (Å²) in [6.07, 6.45) is 0.275. The Morgan fingerprint density at radius 2 is 1.79 bits per heavy atom. The first-order valence-electron chi connectivity index (χ1n) is 5.19. The summed E-state index contributed by atoms with van der Waals surface area (Å²) in [5.74, 6) is -0.180. The van der Waals surface area contributed by atoms with Crippen LogP contribution in [0.5, 0.6) is 0 Å². The lowest BCUT2D eigenvalue weighted by Crippen LogP contribution is -2.32. The molecule has 1 unspecified atom stereocenters. The van der Waals surface area contributed by atoms with E-state index in [0.717, 1.165) is 0 Å². The monoisotopic (exact) mass is 202 g/mol. The first-order valence-corrected chi connectivity index (χ1v) is 5.19. The van der Waals surface area contributed by atoms with Gasteiger partial charge in [-0.05, 0) is 19.3 Å². The molecule has 84 valence electrons. The standard InChI is InChI=1S/C11H22O3/c1-6-13-9(11(3,4)5)8-10(12)14-7-2/h9H,6-8H2,1-5H3. The first-order chi connectivity index (χ1) is 6.41. The second kappa shape index (κ2) is 6.02. The molecule has 0 aromatic heterocycles. The number of carbonyl (C=O) groups excluding carboxylic acids is 1. The Balaban J connectivity index is 4.16. The Hall–Kier alpha value is -0.570. The van der Waals surface area contributed by atoms with Crippen molar-refractivity contribution in [3.63, 3.8) is 0 Å². The van der Waals surface area contributed by atoms with Gasteiger partial charge in [-0.3, -0.25) is 4.79 Å². The number of rotatable bonds is 5. The molecule has 0 aliphatic carbocycles. The van der Waals surface area contributed by atoms with Gasteiger partial charge < -0.3 is 9.47 Å². The molecule has 0 bridgehead atoms. The minimum Gasteiger partial charge on any atom is -0.466 e. The number of hydrogen-bond acceptors (Lipinski definition) is 3. The summed E-state index contributed by atoms with van der Waals surface area (Å²) < 4.78 is 10.4. The Bertz CT molecular complexity index is 170. The van der Waals surface area contributed by atoms with Crippen LogP contribution in [0.4, 0.5) is 0 Å². The van der Waals surface area contributed by atoms with E-state index in [2.05, 4.69) is 20.8 Å². The molecule has 1 atom stereocenters. The fraction of sp³-hybridized carbons (Fsp3) is 0.909. The van der Waals surface area contributed by atoms with Gasteiger partial charge in [0.15, 0.2) is 0 Å². The number of carbonyl (C=O) groups is 1. The van der Waals surface area contributed by atoms with Crippen molar-refractivity contribution in [2.75, 3.05) is 13.2 Å². The molecule has 14 heavy (non-hydrogen) atoms. The van der Waals surface area contributed by atoms with Crippen molar-refractivity contribution in [2.24, 2.45) is 5.41 Å². The molecule has 0 spiro atoms. The van der Waals surface area contributed by atoms with Crippen LogP contribution in [0.1, 0.15) is 41.0 Å². The zero-order valence-electron chi connectivity index (χ0n) is 9.92. The fourth-order valence-electron chi connectivity index (χ4n) is 1.19. The van der Waals surface area contributed by atoms with E-state index in [4.69, 9.17) is 9.47 Å². The van der Waals surface area contributed by atoms with E-state index >= 15 is 0 Å². The van der Waals surface area contributed by atoms with Crippen LogP contribution in [0, 0.1) is 5.41 Å². The molecule has 0 rings (SSSR count). The van der Waals surface area contributed by atoms with E-state index in [9.17, 15) is 4.79 Å². The maximum absolute atomic E-state index is 11.3. The average Bonchev–Trinajstić information content (AvgIpc) is 2.02. The minimum atomic E-state index is -0.180. The third-order valence-electron chi connectivity index (χ3n) is 1.99. The summed E-state index contributed by atoms with van der Waals surface area (Å²) in [4.78, 5) is 11.3. The molecule has 0 aromatic carbocycles. The highest BCUT2D eigenvalue weighted by molar-refractivity contribution is 5.70. The summed E-state index contributed by atoms with van der Waals surface area (Å²) in [6, 6.07) is 0. The molecular formula is C11H22O3. The highest BCUT2D eigenvalue weighted by Gasteiger charge is 2.27. The maximum atomic E-state index is 11.3. The summed E-state index contributed by atoms with van der Waals surface area (Å²) in [6.45, 7) is 11.0. The van der Waals surface area contributed by atoms with Crippen LogP contribution in [-0.2, 0) is 14.3 Å². The highest BCUT2D eigenvalue weighted by atomic mass is 16.5. The van der Waals surface area contributed by atoms with Crippen molar-refractivity contribution in [3.05, 3.63) is 0 Å². The van der Waals surface area contributed by atoms with Gasteiger partial charge in [0.1, 0.15) is 0 Å². The fourth-order valence-corrected chi connectivity index (χ4v) is 1.19. The largest absolute Gasteiger partial charge is 0.466 e. The summed E-state index contributed by atoms with van der Waals surface area (Å²) in [5, 5.41) is 0. The molecule has 0 aromatic rings. The van der Waals surface area contributed by atoms with Crippen LogP contribution >= 0.6 is 0 Å². The summed E-state index contributed by atoms with van der Waals surface area (Å²) >= 11 is 0. The van der Waals surface area contributed by atoms with Crippen LogP contribution in [0.3, 0.4) is 0 Å². The molecule has 3 heteroatoms. The highest BCUT2D eigenvalue weighted by Crippen LogP contribution is 2.25. The Morgan fingerprint density at radius 1 is 1.21 bits per heavy atom. The predicted molar refractivity (Wildman–Crippen MR) is 56.1 cm³/mol. The first kappa shape index (κ1) is 13.4. The molecule has 0 fully saturated rings. The van der Waals surface area contributed by atoms with Crippen molar-refractivity contribution in [1.29, 1.82) is 0 Å². The molecule has 0 aliphatic rings. The Morgan fingerprint density at radius 3 is 2.14 bits per heavy atom. The molecular weight excluding hydrogens is 180 g/mol. The lowest BCUT2D eigenvalue weighted by atomic mass is 9.87. The third-order valence-corrected chi connectivity index (χ3v) is 1.99. The molecule has 0 saturated heterocycles. The van der Waals surface area contributed by atoms with Crippen LogP contribution in [-0.4, -0.2) is 25.3 Å². The van der Waals surface area contributed by atoms with Crippen LogP contribution in [0.2, 0.25) is 0 Å². The van der Waals surface area contributed by atoms with E-state index < -0.39 is 0 Å². The van der Waals surface area contributed by atoms with Crippen molar-refractivity contribution in [2.45, 2.75) is 47.1 Å². The second-order valence-corrected chi connectivity index (χ2v) is 4.32. The molecule has 0 N–H and O–H groups in total. The van der Waals surface area contributed by atoms with E-state index in [-0.39, 0.29) is 17.5 Å². The summed E-state index contributed by atoms with van der Waals surface area (Å²) in [5.41, 5.74) is -0.0250. The quantitative estimate of drug-likeness (QED) is 0.642. The van der Waals surface area contributed by atoms with Crippen molar-refractivity contribution >= 4 is 5.97 Å². The van der Waals surface area contributed by atoms with Crippen molar-refractivity contribution in [3.8, 4) is 0 Å². The van der Waals surface area contributed by atoms with Gasteiger partial charge in [-0.2, -0.15) is 0 Å². The molecule has 0 heterocycles. The van der Waals surface area contributed by atoms with Gasteiger partial charge in [0.05, 0.1) is 19.1 Å². The van der Waals surface area contributed by atoms with Gasteiger partial charge in [0.25, 0.3) is 0 Å². The smallest absolute Gasteiger partial charge is 0.308 e. The maximum Gasteiger partial charge on any atom is 0.308 e. The van der Waals surface area contributed by atoms with Gasteiger partial charge in [-0.25, -0.2) is 0 Å². The topological polar surface area (TPSA) is 35.5 Å². The zero-order chi connectivity index (χ0) is 11.2. The van der Waals surface area contributed by atoms with Crippen molar-refractivity contribution in [1.82, 2.24) is 0 Å². The zero-order valence-corrected chi connectivity index (χ0v) is 9.92. The summed E-state index contributed by atoms with van der Waals surface area (Å²) in [7, 11) is 0. The van der Waals surface area contributed by atoms with Crippen molar-refractivity contribution < 1.29 is 14.3 Å². The molecule has 0 aliphatic heterocycles. The molecule has 0 saturated carbocycles. The average molecular weight is 202 g/mol. The minimum absolute atomic E-state index is 0.0250. The number of hydrogen-bond donors (Lipinski definition) is 0.